The van der Waals surface area contributed by atoms with Gasteiger partial charge in [0.2, 0.25) is 0 Å². The van der Waals surface area contributed by atoms with Crippen molar-refractivity contribution in [3.05, 3.63) is 65.7 Å². The van der Waals surface area contributed by atoms with Crippen molar-refractivity contribution >= 4 is 5.69 Å². The second-order valence-electron chi connectivity index (χ2n) is 5.02. The molecule has 0 aromatic heterocycles. The van der Waals surface area contributed by atoms with Crippen molar-refractivity contribution in [3.63, 3.8) is 0 Å². The molecule has 0 aliphatic heterocycles. The molecule has 0 saturated carbocycles. The maximum atomic E-state index is 3.19. The maximum absolute atomic E-state index is 3.19. The van der Waals surface area contributed by atoms with E-state index in [0.29, 0.717) is 0 Å². The van der Waals surface area contributed by atoms with Gasteiger partial charge in [0.05, 0.1) is 0 Å². The van der Waals surface area contributed by atoms with Crippen molar-refractivity contribution in [1.82, 2.24) is 5.32 Å². The Bertz CT molecular complexity index is 491. The Balaban J connectivity index is 2.01. The summed E-state index contributed by atoms with van der Waals surface area (Å²) in [5, 5.41) is 3.19. The van der Waals surface area contributed by atoms with Crippen molar-refractivity contribution in [1.29, 1.82) is 0 Å². The third-order valence-corrected chi connectivity index (χ3v) is 3.56. The molecule has 106 valence electrons. The highest BCUT2D eigenvalue weighted by Gasteiger charge is 2.04. The molecule has 0 fully saturated rings. The third-order valence-electron chi connectivity index (χ3n) is 3.56. The first-order valence-electron chi connectivity index (χ1n) is 7.36. The Morgan fingerprint density at radius 3 is 2.15 bits per heavy atom. The lowest BCUT2D eigenvalue weighted by Crippen LogP contribution is -2.21. The monoisotopic (exact) mass is 268 g/mol. The van der Waals surface area contributed by atoms with Crippen LogP contribution in [0.4, 0.5) is 5.69 Å². The maximum Gasteiger partial charge on any atom is 0.0429 e. The zero-order chi connectivity index (χ0) is 14.2. The van der Waals surface area contributed by atoms with Gasteiger partial charge in [-0.3, -0.25) is 0 Å². The van der Waals surface area contributed by atoms with Crippen molar-refractivity contribution in [2.24, 2.45) is 0 Å². The second kappa shape index (κ2) is 7.71. The van der Waals surface area contributed by atoms with Crippen LogP contribution in [0, 0.1) is 0 Å². The highest BCUT2D eigenvalue weighted by molar-refractivity contribution is 5.46. The molecule has 0 aliphatic carbocycles. The van der Waals surface area contributed by atoms with Crippen LogP contribution in [-0.2, 0) is 13.0 Å². The van der Waals surface area contributed by atoms with Gasteiger partial charge < -0.3 is 10.2 Å². The molecule has 0 amide bonds. The molecule has 0 saturated heterocycles. The second-order valence-corrected chi connectivity index (χ2v) is 5.02. The molecule has 0 bridgehead atoms. The molecule has 2 rings (SSSR count). The highest BCUT2D eigenvalue weighted by atomic mass is 15.1. The fraction of sp³-hybridized carbons (Fsp3) is 0.333. The Morgan fingerprint density at radius 1 is 0.900 bits per heavy atom. The van der Waals surface area contributed by atoms with Gasteiger partial charge in [-0.25, -0.2) is 0 Å². The minimum atomic E-state index is 0.965. The number of hydrogen-bond acceptors (Lipinski definition) is 2. The topological polar surface area (TPSA) is 15.3 Å². The van der Waals surface area contributed by atoms with E-state index in [-0.39, 0.29) is 0 Å². The summed E-state index contributed by atoms with van der Waals surface area (Å²) in [6.07, 6.45) is 1.09. The Hall–Kier alpha value is -1.80. The Morgan fingerprint density at radius 2 is 1.55 bits per heavy atom. The zero-order valence-corrected chi connectivity index (χ0v) is 12.5. The summed E-state index contributed by atoms with van der Waals surface area (Å²) in [4.78, 5) is 2.39. The number of nitrogens with one attached hydrogen (secondary N) is 1. The number of likely N-dealkylation sites (N-methyl/N-ethyl adjacent to an activating group) is 1. The van der Waals surface area contributed by atoms with Crippen LogP contribution in [0.5, 0.6) is 0 Å². The predicted octanol–water partition coefficient (Wildman–Crippen LogP) is 3.48. The molecule has 2 heteroatoms. The van der Waals surface area contributed by atoms with Crippen molar-refractivity contribution < 1.29 is 0 Å². The van der Waals surface area contributed by atoms with E-state index in [2.05, 4.69) is 71.7 Å². The molecule has 2 aromatic carbocycles. The summed E-state index contributed by atoms with van der Waals surface area (Å²) in [7, 11) is 1.99. The number of hydrogen-bond donors (Lipinski definition) is 1. The van der Waals surface area contributed by atoms with Crippen molar-refractivity contribution in [2.45, 2.75) is 19.9 Å². The zero-order valence-electron chi connectivity index (χ0n) is 12.5. The fourth-order valence-electron chi connectivity index (χ4n) is 2.33. The molecule has 20 heavy (non-hydrogen) atoms. The van der Waals surface area contributed by atoms with Crippen LogP contribution in [-0.4, -0.2) is 20.1 Å². The van der Waals surface area contributed by atoms with E-state index >= 15 is 0 Å². The minimum absolute atomic E-state index is 0.965. The summed E-state index contributed by atoms with van der Waals surface area (Å²) in [5.74, 6) is 0. The fourth-order valence-corrected chi connectivity index (χ4v) is 2.33. The standard InChI is InChI=1S/C18H24N2/c1-3-20(18-7-5-4-6-8-18)15-17-11-9-16(10-12-17)13-14-19-2/h4-12,19H,3,13-15H2,1-2H3. The van der Waals surface area contributed by atoms with Gasteiger partial charge in [0, 0.05) is 18.8 Å². The van der Waals surface area contributed by atoms with E-state index in [1.54, 1.807) is 0 Å². The van der Waals surface area contributed by atoms with Gasteiger partial charge in [-0.1, -0.05) is 42.5 Å². The first kappa shape index (κ1) is 14.6. The number of nitrogens with zero attached hydrogens (tertiary/aromatic N) is 1. The number of para-hydroxylation sites is 1. The Kier molecular flexibility index (Phi) is 5.63. The number of benzene rings is 2. The smallest absolute Gasteiger partial charge is 0.0429 e. The van der Waals surface area contributed by atoms with Crippen LogP contribution < -0.4 is 10.2 Å². The predicted molar refractivity (Wildman–Crippen MR) is 87.2 cm³/mol. The SMILES string of the molecule is CCN(Cc1ccc(CCNC)cc1)c1ccccc1. The average molecular weight is 268 g/mol. The van der Waals surface area contributed by atoms with Crippen LogP contribution in [0.1, 0.15) is 18.1 Å². The Labute approximate surface area is 122 Å². The van der Waals surface area contributed by atoms with Gasteiger partial charge >= 0.3 is 0 Å². The van der Waals surface area contributed by atoms with Gasteiger partial charge in [-0.05, 0) is 50.2 Å². The van der Waals surface area contributed by atoms with E-state index in [1.807, 2.05) is 7.05 Å². The molecule has 0 radical (unpaired) electrons. The van der Waals surface area contributed by atoms with Crippen LogP contribution in [0.15, 0.2) is 54.6 Å². The molecule has 1 N–H and O–H groups in total. The lowest BCUT2D eigenvalue weighted by Gasteiger charge is -2.23. The van der Waals surface area contributed by atoms with E-state index in [4.69, 9.17) is 0 Å². The average Bonchev–Trinajstić information content (AvgIpc) is 2.52. The van der Waals surface area contributed by atoms with Crippen LogP contribution in [0.3, 0.4) is 0 Å². The van der Waals surface area contributed by atoms with E-state index in [1.165, 1.54) is 16.8 Å². The van der Waals surface area contributed by atoms with Gasteiger partial charge in [0.15, 0.2) is 0 Å². The van der Waals surface area contributed by atoms with E-state index in [9.17, 15) is 0 Å². The molecule has 0 aliphatic rings. The number of rotatable bonds is 7. The summed E-state index contributed by atoms with van der Waals surface area (Å²) in [6.45, 7) is 5.22. The van der Waals surface area contributed by atoms with Gasteiger partial charge in [-0.15, -0.1) is 0 Å². The van der Waals surface area contributed by atoms with Crippen molar-refractivity contribution in [2.75, 3.05) is 25.0 Å². The van der Waals surface area contributed by atoms with Crippen LogP contribution in [0.2, 0.25) is 0 Å². The normalized spacial score (nSPS) is 10.5. The van der Waals surface area contributed by atoms with Crippen LogP contribution in [0.25, 0.3) is 0 Å². The molecule has 2 nitrogen and oxygen atoms in total. The molecule has 0 spiro atoms. The molecule has 0 heterocycles. The summed E-state index contributed by atoms with van der Waals surface area (Å²) in [6, 6.07) is 19.6. The first-order valence-corrected chi connectivity index (χ1v) is 7.36. The highest BCUT2D eigenvalue weighted by Crippen LogP contribution is 2.16. The molecule has 0 atom stereocenters. The van der Waals surface area contributed by atoms with E-state index < -0.39 is 0 Å². The summed E-state index contributed by atoms with van der Waals surface area (Å²) < 4.78 is 0. The molecule has 2 aromatic rings. The van der Waals surface area contributed by atoms with E-state index in [0.717, 1.165) is 26.1 Å². The summed E-state index contributed by atoms with van der Waals surface area (Å²) >= 11 is 0. The van der Waals surface area contributed by atoms with Crippen molar-refractivity contribution in [3.8, 4) is 0 Å². The molecular weight excluding hydrogens is 244 g/mol. The minimum Gasteiger partial charge on any atom is -0.367 e. The lowest BCUT2D eigenvalue weighted by atomic mass is 10.1. The molecule has 0 unspecified atom stereocenters. The van der Waals surface area contributed by atoms with Gasteiger partial charge in [-0.2, -0.15) is 0 Å². The van der Waals surface area contributed by atoms with Gasteiger partial charge in [0.1, 0.15) is 0 Å². The largest absolute Gasteiger partial charge is 0.367 e. The molecular formula is C18H24N2. The number of anilines is 1. The lowest BCUT2D eigenvalue weighted by molar-refractivity contribution is 0.790. The van der Waals surface area contributed by atoms with Gasteiger partial charge in [0.25, 0.3) is 0 Å². The summed E-state index contributed by atoms with van der Waals surface area (Å²) in [5.41, 5.74) is 4.05. The quantitative estimate of drug-likeness (QED) is 0.827. The third kappa shape index (κ3) is 4.10. The first-order chi connectivity index (χ1) is 9.83. The van der Waals surface area contributed by atoms with Crippen LogP contribution >= 0.6 is 0 Å².